The fourth-order valence-corrected chi connectivity index (χ4v) is 6.09. The quantitative estimate of drug-likeness (QED) is 0.643. The van der Waals surface area contributed by atoms with E-state index in [2.05, 4.69) is 0 Å². The molecule has 1 fully saturated rings. The molecule has 0 aliphatic carbocycles. The van der Waals surface area contributed by atoms with Crippen molar-refractivity contribution in [2.24, 2.45) is 0 Å². The maximum Gasteiger partial charge on any atom is 0.252 e. The van der Waals surface area contributed by atoms with Crippen molar-refractivity contribution in [3.8, 4) is 5.75 Å². The monoisotopic (exact) mass is 420 g/mol. The molecule has 8 heteroatoms. The summed E-state index contributed by atoms with van der Waals surface area (Å²) in [5.41, 5.74) is 0.523. The van der Waals surface area contributed by atoms with E-state index in [1.807, 2.05) is 6.92 Å². The average Bonchev–Trinajstić information content (AvgIpc) is 3.18. The van der Waals surface area contributed by atoms with Crippen molar-refractivity contribution in [3.63, 3.8) is 0 Å². The summed E-state index contributed by atoms with van der Waals surface area (Å²) in [6.45, 7) is 3.29. The highest BCUT2D eigenvalue weighted by molar-refractivity contribution is 7.91. The topological polar surface area (TPSA) is 86.7 Å². The van der Waals surface area contributed by atoms with Crippen molar-refractivity contribution in [1.29, 1.82) is 0 Å². The lowest BCUT2D eigenvalue weighted by Crippen LogP contribution is -2.35. The maximum absolute atomic E-state index is 12.8. The van der Waals surface area contributed by atoms with Crippen molar-refractivity contribution in [2.75, 3.05) is 19.7 Å². The molecule has 150 valence electrons. The Bertz CT molecular complexity index is 972. The van der Waals surface area contributed by atoms with E-state index in [0.717, 1.165) is 30.6 Å². The van der Waals surface area contributed by atoms with Crippen molar-refractivity contribution < 1.29 is 23.1 Å². The molecule has 0 N–H and O–H groups in total. The van der Waals surface area contributed by atoms with Gasteiger partial charge in [-0.2, -0.15) is 4.31 Å². The summed E-state index contributed by atoms with van der Waals surface area (Å²) in [7, 11) is -3.60. The van der Waals surface area contributed by atoms with Crippen LogP contribution in [0.3, 0.4) is 0 Å². The van der Waals surface area contributed by atoms with Crippen LogP contribution in [0, 0.1) is 0 Å². The summed E-state index contributed by atoms with van der Waals surface area (Å²) in [4.78, 5) is 12.1. The number of nitrogens with zero attached hydrogens (tertiary/aromatic N) is 1. The van der Waals surface area contributed by atoms with E-state index in [0.29, 0.717) is 35.9 Å². The van der Waals surface area contributed by atoms with Gasteiger partial charge in [0.05, 0.1) is 12.6 Å². The molecular weight excluding hydrogens is 398 g/mol. The number of carboxylic acids is 1. The molecule has 2 heterocycles. The summed E-state index contributed by atoms with van der Waals surface area (Å²) >= 11 is 0.949. The number of benzene rings is 1. The Morgan fingerprint density at radius 3 is 2.57 bits per heavy atom. The van der Waals surface area contributed by atoms with Crippen LogP contribution in [0.25, 0.3) is 11.6 Å². The van der Waals surface area contributed by atoms with Gasteiger partial charge in [-0.1, -0.05) is 24.6 Å². The van der Waals surface area contributed by atoms with Crippen molar-refractivity contribution >= 4 is 39.0 Å². The zero-order valence-corrected chi connectivity index (χ0v) is 17.2. The second kappa shape index (κ2) is 8.89. The molecule has 1 saturated heterocycles. The van der Waals surface area contributed by atoms with Crippen LogP contribution in [-0.4, -0.2) is 38.4 Å². The number of ether oxygens (including phenoxy) is 1. The largest absolute Gasteiger partial charge is 0.545 e. The first-order chi connectivity index (χ1) is 13.4. The minimum Gasteiger partial charge on any atom is -0.545 e. The second-order valence-electron chi connectivity index (χ2n) is 6.40. The van der Waals surface area contributed by atoms with Gasteiger partial charge in [-0.3, -0.25) is 0 Å². The highest BCUT2D eigenvalue weighted by atomic mass is 32.2. The van der Waals surface area contributed by atoms with Crippen LogP contribution in [-0.2, 0) is 14.8 Å². The molecule has 1 aliphatic rings. The number of para-hydroxylation sites is 1. The summed E-state index contributed by atoms with van der Waals surface area (Å²) in [6.07, 6.45) is 4.17. The lowest BCUT2D eigenvalue weighted by molar-refractivity contribution is -0.295. The molecule has 1 aliphatic heterocycles. The number of hydrogen-bond acceptors (Lipinski definition) is 6. The molecule has 0 spiro atoms. The van der Waals surface area contributed by atoms with Crippen molar-refractivity contribution in [1.82, 2.24) is 4.31 Å². The highest BCUT2D eigenvalue weighted by Gasteiger charge is 2.27. The fourth-order valence-electron chi connectivity index (χ4n) is 3.11. The SMILES string of the molecule is CCOc1ccccc1/C=C(/C(=O)[O-])c1ccc(S(=O)(=O)N2CCCCC2)s1. The van der Waals surface area contributed by atoms with Crippen LogP contribution in [0.4, 0.5) is 0 Å². The molecule has 0 atom stereocenters. The molecule has 3 rings (SSSR count). The van der Waals surface area contributed by atoms with Crippen molar-refractivity contribution in [2.45, 2.75) is 30.4 Å². The van der Waals surface area contributed by atoms with Gasteiger partial charge < -0.3 is 14.6 Å². The Balaban J connectivity index is 1.96. The lowest BCUT2D eigenvalue weighted by Gasteiger charge is -2.25. The molecule has 0 radical (unpaired) electrons. The van der Waals surface area contributed by atoms with Crippen LogP contribution in [0.2, 0.25) is 0 Å². The number of hydrogen-bond donors (Lipinski definition) is 0. The van der Waals surface area contributed by atoms with Gasteiger partial charge >= 0.3 is 0 Å². The summed E-state index contributed by atoms with van der Waals surface area (Å²) in [5.74, 6) is -0.809. The van der Waals surface area contributed by atoms with Gasteiger partial charge in [0.1, 0.15) is 9.96 Å². The zero-order chi connectivity index (χ0) is 20.1. The number of carbonyl (C=O) groups is 1. The first-order valence-corrected chi connectivity index (χ1v) is 11.4. The van der Waals surface area contributed by atoms with Crippen LogP contribution < -0.4 is 9.84 Å². The molecule has 0 bridgehead atoms. The Morgan fingerprint density at radius 2 is 1.89 bits per heavy atom. The smallest absolute Gasteiger partial charge is 0.252 e. The van der Waals surface area contributed by atoms with Gasteiger partial charge in [0.15, 0.2) is 0 Å². The third-order valence-electron chi connectivity index (χ3n) is 4.49. The molecule has 0 saturated carbocycles. The Kier molecular flexibility index (Phi) is 6.53. The molecule has 2 aromatic rings. The van der Waals surface area contributed by atoms with E-state index in [4.69, 9.17) is 4.74 Å². The minimum atomic E-state index is -3.60. The van der Waals surface area contributed by atoms with Crippen LogP contribution in [0.1, 0.15) is 36.6 Å². The minimum absolute atomic E-state index is 0.0720. The van der Waals surface area contributed by atoms with E-state index in [1.54, 1.807) is 24.3 Å². The molecule has 6 nitrogen and oxygen atoms in total. The molecule has 0 amide bonds. The fraction of sp³-hybridized carbons (Fsp3) is 0.350. The lowest BCUT2D eigenvalue weighted by atomic mass is 10.1. The average molecular weight is 421 g/mol. The molecule has 1 aromatic heterocycles. The zero-order valence-electron chi connectivity index (χ0n) is 15.6. The van der Waals surface area contributed by atoms with E-state index < -0.39 is 16.0 Å². The van der Waals surface area contributed by atoms with E-state index >= 15 is 0 Å². The summed E-state index contributed by atoms with van der Waals surface area (Å²) in [5, 5.41) is 11.8. The molecule has 0 unspecified atom stereocenters. The van der Waals surface area contributed by atoms with E-state index in [1.165, 1.54) is 22.5 Å². The van der Waals surface area contributed by atoms with Gasteiger partial charge in [0.2, 0.25) is 0 Å². The number of thiophene rings is 1. The first-order valence-electron chi connectivity index (χ1n) is 9.18. The number of rotatable bonds is 7. The number of carboxylic acid groups (broad SMARTS) is 1. The van der Waals surface area contributed by atoms with Crippen molar-refractivity contribution in [3.05, 3.63) is 46.8 Å². The number of carbonyl (C=O) groups excluding carboxylic acids is 1. The Morgan fingerprint density at radius 1 is 1.18 bits per heavy atom. The standard InChI is InChI=1S/C20H23NO5S2/c1-2-26-17-9-5-4-8-15(17)14-16(20(22)23)18-10-11-19(27-18)28(24,25)21-12-6-3-7-13-21/h4-5,8-11,14H,2-3,6-7,12-13H2,1H3,(H,22,23)/p-1/b16-14+. The van der Waals surface area contributed by atoms with Gasteiger partial charge in [0, 0.05) is 29.1 Å². The van der Waals surface area contributed by atoms with Gasteiger partial charge in [0.25, 0.3) is 10.0 Å². The van der Waals surface area contributed by atoms with Crippen LogP contribution >= 0.6 is 11.3 Å². The van der Waals surface area contributed by atoms with Gasteiger partial charge in [-0.15, -0.1) is 11.3 Å². The van der Waals surface area contributed by atoms with Gasteiger partial charge in [-0.05, 0) is 44.0 Å². The second-order valence-corrected chi connectivity index (χ2v) is 9.65. The number of sulfonamides is 1. The Labute approximate surface area is 169 Å². The number of aliphatic carboxylic acids is 1. The summed E-state index contributed by atoms with van der Waals surface area (Å²) in [6, 6.07) is 10.1. The van der Waals surface area contributed by atoms with Crippen LogP contribution in [0.15, 0.2) is 40.6 Å². The highest BCUT2D eigenvalue weighted by Crippen LogP contribution is 2.32. The molecule has 1 aromatic carbocycles. The molecular formula is C20H22NO5S2-. The predicted molar refractivity (Wildman–Crippen MR) is 107 cm³/mol. The maximum atomic E-state index is 12.8. The van der Waals surface area contributed by atoms with Gasteiger partial charge in [-0.25, -0.2) is 8.42 Å². The first kappa shape index (κ1) is 20.6. The normalized spacial score (nSPS) is 16.1. The summed E-state index contributed by atoms with van der Waals surface area (Å²) < 4.78 is 32.8. The third-order valence-corrected chi connectivity index (χ3v) is 7.98. The molecule has 28 heavy (non-hydrogen) atoms. The van der Waals surface area contributed by atoms with Crippen LogP contribution in [0.5, 0.6) is 5.75 Å². The third kappa shape index (κ3) is 4.45. The van der Waals surface area contributed by atoms with E-state index in [-0.39, 0.29) is 9.78 Å². The Hall–Kier alpha value is -2.16. The number of piperidine rings is 1. The van der Waals surface area contributed by atoms with E-state index in [9.17, 15) is 18.3 Å². The predicted octanol–water partition coefficient (Wildman–Crippen LogP) is 2.61.